The van der Waals surface area contributed by atoms with Crippen molar-refractivity contribution in [3.63, 3.8) is 0 Å². The molecule has 136 valence electrons. The predicted octanol–water partition coefficient (Wildman–Crippen LogP) is 3.07. The number of hydrogen-bond donors (Lipinski definition) is 0. The van der Waals surface area contributed by atoms with Crippen LogP contribution < -0.4 is 4.90 Å². The number of aryl methyl sites for hydroxylation is 1. The second kappa shape index (κ2) is 8.15. The lowest BCUT2D eigenvalue weighted by atomic mass is 10.2. The van der Waals surface area contributed by atoms with Gasteiger partial charge in [0.1, 0.15) is 6.73 Å². The summed E-state index contributed by atoms with van der Waals surface area (Å²) in [4.78, 5) is 17.8. The Bertz CT molecular complexity index is 730. The molecule has 25 heavy (non-hydrogen) atoms. The number of hydrogen-bond acceptors (Lipinski definition) is 5. The fourth-order valence-corrected chi connectivity index (χ4v) is 3.21. The van der Waals surface area contributed by atoms with Gasteiger partial charge < -0.3 is 4.74 Å². The van der Waals surface area contributed by atoms with Crippen LogP contribution in [0.25, 0.3) is 0 Å². The van der Waals surface area contributed by atoms with Crippen LogP contribution in [0, 0.1) is 5.82 Å². The SMILES string of the molecule is Cn1cc(N(COCC[Si](C)(C)C)C(=O)c2c(F)cncc2Br)nn1. The smallest absolute Gasteiger partial charge is 0.265 e. The number of carbonyl (C=O) groups excluding carboxylic acids is 1. The fourth-order valence-electron chi connectivity index (χ4n) is 1.97. The van der Waals surface area contributed by atoms with Crippen molar-refractivity contribution in [2.75, 3.05) is 18.2 Å². The molecule has 10 heteroatoms. The average Bonchev–Trinajstić information content (AvgIpc) is 2.92. The quantitative estimate of drug-likeness (QED) is 0.384. The van der Waals surface area contributed by atoms with Gasteiger partial charge >= 0.3 is 0 Å². The minimum atomic E-state index is -1.25. The summed E-state index contributed by atoms with van der Waals surface area (Å²) in [6.07, 6.45) is 3.95. The first-order chi connectivity index (χ1) is 11.7. The lowest BCUT2D eigenvalue weighted by Crippen LogP contribution is -2.35. The van der Waals surface area contributed by atoms with Gasteiger partial charge in [-0.1, -0.05) is 24.9 Å². The van der Waals surface area contributed by atoms with Crippen LogP contribution in [0.4, 0.5) is 10.2 Å². The van der Waals surface area contributed by atoms with Crippen LogP contribution >= 0.6 is 15.9 Å². The van der Waals surface area contributed by atoms with Crippen molar-refractivity contribution < 1.29 is 13.9 Å². The van der Waals surface area contributed by atoms with Crippen molar-refractivity contribution in [2.45, 2.75) is 25.7 Å². The van der Waals surface area contributed by atoms with Crippen LogP contribution in [0.3, 0.4) is 0 Å². The minimum absolute atomic E-state index is 0.0315. The van der Waals surface area contributed by atoms with Crippen LogP contribution in [0.1, 0.15) is 10.4 Å². The van der Waals surface area contributed by atoms with Crippen molar-refractivity contribution in [3.8, 4) is 0 Å². The Morgan fingerprint density at radius 3 is 2.68 bits per heavy atom. The molecule has 0 aliphatic heterocycles. The maximum absolute atomic E-state index is 14.1. The molecule has 2 heterocycles. The molecule has 0 spiro atoms. The first kappa shape index (κ1) is 19.7. The molecule has 2 aromatic rings. The number of amides is 1. The molecule has 0 aliphatic carbocycles. The van der Waals surface area contributed by atoms with Crippen molar-refractivity contribution in [3.05, 3.63) is 34.4 Å². The Morgan fingerprint density at radius 1 is 1.40 bits per heavy atom. The van der Waals surface area contributed by atoms with Crippen LogP contribution in [0.5, 0.6) is 0 Å². The summed E-state index contributed by atoms with van der Waals surface area (Å²) in [5.41, 5.74) is -0.116. The Hall–Kier alpha value is -1.65. The zero-order valence-corrected chi connectivity index (χ0v) is 17.2. The largest absolute Gasteiger partial charge is 0.361 e. The van der Waals surface area contributed by atoms with Gasteiger partial charge in [-0.05, 0) is 22.0 Å². The monoisotopic (exact) mass is 429 g/mol. The minimum Gasteiger partial charge on any atom is -0.361 e. The number of pyridine rings is 1. The Morgan fingerprint density at radius 2 is 2.12 bits per heavy atom. The van der Waals surface area contributed by atoms with Crippen molar-refractivity contribution in [1.82, 2.24) is 20.0 Å². The molecule has 0 aromatic carbocycles. The second-order valence-electron chi connectivity index (χ2n) is 6.81. The molecule has 0 unspecified atom stereocenters. The first-order valence-electron chi connectivity index (χ1n) is 7.74. The summed E-state index contributed by atoms with van der Waals surface area (Å²) < 4.78 is 21.5. The highest BCUT2D eigenvalue weighted by molar-refractivity contribution is 9.10. The summed E-state index contributed by atoms with van der Waals surface area (Å²) in [6.45, 7) is 7.22. The fraction of sp³-hybridized carbons (Fsp3) is 0.467. The first-order valence-corrected chi connectivity index (χ1v) is 12.2. The van der Waals surface area contributed by atoms with Gasteiger partial charge in [0.2, 0.25) is 0 Å². The molecule has 0 fully saturated rings. The van der Waals surface area contributed by atoms with Gasteiger partial charge in [-0.15, -0.1) is 5.10 Å². The molecule has 0 N–H and O–H groups in total. The van der Waals surface area contributed by atoms with Gasteiger partial charge in [0.15, 0.2) is 11.6 Å². The summed E-state index contributed by atoms with van der Waals surface area (Å²) in [5.74, 6) is -0.987. The van der Waals surface area contributed by atoms with Gasteiger partial charge in [-0.3, -0.25) is 19.4 Å². The van der Waals surface area contributed by atoms with Crippen molar-refractivity contribution in [1.29, 1.82) is 0 Å². The van der Waals surface area contributed by atoms with E-state index in [1.807, 2.05) is 0 Å². The summed E-state index contributed by atoms with van der Waals surface area (Å²) >= 11 is 3.18. The molecule has 0 bridgehead atoms. The zero-order chi connectivity index (χ0) is 18.6. The van der Waals surface area contributed by atoms with Gasteiger partial charge in [0.25, 0.3) is 5.91 Å². The average molecular weight is 430 g/mol. The van der Waals surface area contributed by atoms with E-state index in [4.69, 9.17) is 4.74 Å². The molecule has 2 rings (SSSR count). The molecule has 7 nitrogen and oxygen atoms in total. The van der Waals surface area contributed by atoms with Crippen molar-refractivity contribution in [2.24, 2.45) is 7.05 Å². The standard InChI is InChI=1S/C15H21BrFN5O2Si/c1-21-9-13(19-20-21)22(10-24-5-6-25(2,3)4)15(23)14-11(16)7-18-8-12(14)17/h7-9H,5-6,10H2,1-4H3. The Kier molecular flexibility index (Phi) is 6.41. The van der Waals surface area contributed by atoms with Gasteiger partial charge in [-0.2, -0.15) is 0 Å². The molecule has 0 radical (unpaired) electrons. The molecular formula is C15H21BrFN5O2Si. The third-order valence-corrected chi connectivity index (χ3v) is 5.70. The normalized spacial score (nSPS) is 11.6. The molecule has 1 amide bonds. The van der Waals surface area contributed by atoms with Gasteiger partial charge in [0.05, 0.1) is 22.4 Å². The Balaban J connectivity index is 2.21. The topological polar surface area (TPSA) is 73.1 Å². The highest BCUT2D eigenvalue weighted by Crippen LogP contribution is 2.22. The predicted molar refractivity (Wildman–Crippen MR) is 98.7 cm³/mol. The van der Waals surface area contributed by atoms with E-state index in [2.05, 4.69) is 50.9 Å². The number of carbonyl (C=O) groups is 1. The maximum Gasteiger partial charge on any atom is 0.265 e. The van der Waals surface area contributed by atoms with E-state index in [1.54, 1.807) is 13.2 Å². The molecule has 2 aromatic heterocycles. The Labute approximate surface area is 155 Å². The molecular weight excluding hydrogens is 409 g/mol. The number of halogens is 2. The number of anilines is 1. The lowest BCUT2D eigenvalue weighted by Gasteiger charge is -2.22. The van der Waals surface area contributed by atoms with E-state index in [0.29, 0.717) is 12.4 Å². The van der Waals surface area contributed by atoms with E-state index in [9.17, 15) is 9.18 Å². The van der Waals surface area contributed by atoms with Gasteiger partial charge in [0, 0.05) is 27.9 Å². The maximum atomic E-state index is 14.1. The number of rotatable bonds is 7. The third kappa shape index (κ3) is 5.41. The number of ether oxygens (including phenoxy) is 1. The van der Waals surface area contributed by atoms with E-state index in [1.165, 1.54) is 15.8 Å². The number of nitrogens with zero attached hydrogens (tertiary/aromatic N) is 5. The summed E-state index contributed by atoms with van der Waals surface area (Å²) in [7, 11) is 0.439. The van der Waals surface area contributed by atoms with Crippen LogP contribution in [-0.4, -0.2) is 47.3 Å². The molecule has 0 saturated carbocycles. The molecule has 0 aliphatic rings. The highest BCUT2D eigenvalue weighted by Gasteiger charge is 2.26. The van der Waals surface area contributed by atoms with Crippen LogP contribution in [0.15, 0.2) is 23.1 Å². The van der Waals surface area contributed by atoms with Crippen LogP contribution in [0.2, 0.25) is 25.7 Å². The number of aromatic nitrogens is 4. The van der Waals surface area contributed by atoms with E-state index in [0.717, 1.165) is 12.2 Å². The summed E-state index contributed by atoms with van der Waals surface area (Å²) in [6, 6.07) is 0.961. The lowest BCUT2D eigenvalue weighted by molar-refractivity contribution is 0.0894. The zero-order valence-electron chi connectivity index (χ0n) is 14.7. The van der Waals surface area contributed by atoms with Crippen LogP contribution in [-0.2, 0) is 11.8 Å². The molecule has 0 saturated heterocycles. The van der Waals surface area contributed by atoms with E-state index in [-0.39, 0.29) is 16.8 Å². The van der Waals surface area contributed by atoms with Crippen molar-refractivity contribution >= 4 is 35.7 Å². The van der Waals surface area contributed by atoms with E-state index < -0.39 is 19.8 Å². The second-order valence-corrected chi connectivity index (χ2v) is 13.3. The van der Waals surface area contributed by atoms with E-state index >= 15 is 0 Å². The third-order valence-electron chi connectivity index (χ3n) is 3.40. The molecule has 0 atom stereocenters. The van der Waals surface area contributed by atoms with Gasteiger partial charge in [-0.25, -0.2) is 4.39 Å². The highest BCUT2D eigenvalue weighted by atomic mass is 79.9. The summed E-state index contributed by atoms with van der Waals surface area (Å²) in [5, 5.41) is 7.78.